The van der Waals surface area contributed by atoms with Gasteiger partial charge in [0.15, 0.2) is 6.04 Å². The molecule has 0 aliphatic carbocycles. The molecule has 1 aliphatic heterocycles. The number of hydrogen-bond acceptors (Lipinski definition) is 5. The Kier molecular flexibility index (Phi) is 7.13. The zero-order chi connectivity index (χ0) is 23.4. The molecule has 0 aromatic heterocycles. The molecule has 4 rings (SSSR count). The van der Waals surface area contributed by atoms with Crippen LogP contribution in [0.4, 0.5) is 0 Å². The molecule has 3 aromatic carbocycles. The number of nitrogens with zero attached hydrogens (tertiary/aromatic N) is 1. The predicted molar refractivity (Wildman–Crippen MR) is 134 cm³/mol. The number of carboxylic acids is 1. The number of amides is 1. The number of hydrogen-bond donors (Lipinski definition) is 1. The number of carbonyl (C=O) groups excluding carboxylic acids is 1. The Morgan fingerprint density at radius 1 is 1.06 bits per heavy atom. The normalized spacial score (nSPS) is 15.7. The summed E-state index contributed by atoms with van der Waals surface area (Å²) in [6.07, 6.45) is 1.67. The highest BCUT2D eigenvalue weighted by Crippen LogP contribution is 2.39. The first-order valence-corrected chi connectivity index (χ1v) is 11.6. The average molecular weight is 496 g/mol. The number of carboxylic acid groups (broad SMARTS) is 1. The maximum Gasteiger partial charge on any atom is 0.331 e. The molecule has 8 heteroatoms. The van der Waals surface area contributed by atoms with Gasteiger partial charge < -0.3 is 9.84 Å². The Bertz CT molecular complexity index is 1250. The third kappa shape index (κ3) is 5.11. The highest BCUT2D eigenvalue weighted by atomic mass is 35.5. The van der Waals surface area contributed by atoms with Gasteiger partial charge in [0.1, 0.15) is 16.7 Å². The van der Waals surface area contributed by atoms with E-state index in [4.69, 9.17) is 28.6 Å². The lowest BCUT2D eigenvalue weighted by Gasteiger charge is -2.23. The van der Waals surface area contributed by atoms with E-state index in [1.54, 1.807) is 48.5 Å². The van der Waals surface area contributed by atoms with Crippen LogP contribution < -0.4 is 4.74 Å². The molecule has 1 aliphatic rings. The van der Waals surface area contributed by atoms with Crippen molar-refractivity contribution < 1.29 is 19.4 Å². The zero-order valence-electron chi connectivity index (χ0n) is 17.2. The monoisotopic (exact) mass is 495 g/mol. The highest BCUT2D eigenvalue weighted by Gasteiger charge is 2.41. The number of ether oxygens (including phenoxy) is 1. The number of rotatable bonds is 7. The van der Waals surface area contributed by atoms with Gasteiger partial charge in [-0.05, 0) is 23.8 Å². The van der Waals surface area contributed by atoms with E-state index in [1.165, 1.54) is 0 Å². The molecule has 0 spiro atoms. The average Bonchev–Trinajstić information content (AvgIpc) is 3.08. The van der Waals surface area contributed by atoms with Crippen molar-refractivity contribution >= 4 is 57.9 Å². The van der Waals surface area contributed by atoms with Gasteiger partial charge in [-0.2, -0.15) is 0 Å². The van der Waals surface area contributed by atoms with E-state index in [0.29, 0.717) is 26.8 Å². The van der Waals surface area contributed by atoms with Gasteiger partial charge in [-0.15, -0.1) is 0 Å². The molecule has 1 heterocycles. The molecule has 1 N–H and O–H groups in total. The largest absolute Gasteiger partial charge is 0.488 e. The van der Waals surface area contributed by atoms with Crippen LogP contribution in [0, 0.1) is 0 Å². The van der Waals surface area contributed by atoms with E-state index in [2.05, 4.69) is 0 Å². The fourth-order valence-corrected chi connectivity index (χ4v) is 4.88. The molecule has 1 saturated heterocycles. The maximum absolute atomic E-state index is 13.2. The zero-order valence-corrected chi connectivity index (χ0v) is 19.6. The summed E-state index contributed by atoms with van der Waals surface area (Å²) in [7, 11) is 0. The Hall–Kier alpha value is -3.13. The van der Waals surface area contributed by atoms with Gasteiger partial charge in [0.2, 0.25) is 0 Å². The van der Waals surface area contributed by atoms with E-state index in [0.717, 1.165) is 22.2 Å². The van der Waals surface area contributed by atoms with Crippen molar-refractivity contribution in [2.75, 3.05) is 0 Å². The molecular weight excluding hydrogens is 478 g/mol. The number of aliphatic carboxylic acids is 1. The molecule has 33 heavy (non-hydrogen) atoms. The van der Waals surface area contributed by atoms with Gasteiger partial charge in [-0.3, -0.25) is 9.69 Å². The van der Waals surface area contributed by atoms with Crippen LogP contribution in [-0.4, -0.2) is 26.2 Å². The molecule has 0 bridgehead atoms. The molecule has 5 nitrogen and oxygen atoms in total. The molecule has 1 fully saturated rings. The summed E-state index contributed by atoms with van der Waals surface area (Å²) in [5.74, 6) is -1.04. The predicted octanol–water partition coefficient (Wildman–Crippen LogP) is 5.95. The number of thiocarbonyl (C=S) groups is 1. The van der Waals surface area contributed by atoms with Crippen LogP contribution in [0.3, 0.4) is 0 Å². The van der Waals surface area contributed by atoms with E-state index in [-0.39, 0.29) is 10.9 Å². The number of carbonyl (C=O) groups is 2. The van der Waals surface area contributed by atoms with Gasteiger partial charge in [0.25, 0.3) is 5.91 Å². The second kappa shape index (κ2) is 10.2. The van der Waals surface area contributed by atoms with E-state index < -0.39 is 17.9 Å². The summed E-state index contributed by atoms with van der Waals surface area (Å²) in [5, 5.41) is 10.4. The Labute approximate surface area is 205 Å². The lowest BCUT2D eigenvalue weighted by Crippen LogP contribution is -2.37. The first-order chi connectivity index (χ1) is 16.0. The fraction of sp³-hybridized carbons (Fsp3) is 0.0800. The van der Waals surface area contributed by atoms with E-state index in [1.807, 2.05) is 36.4 Å². The second-order valence-corrected chi connectivity index (χ2v) is 9.20. The van der Waals surface area contributed by atoms with Crippen LogP contribution >= 0.6 is 35.6 Å². The third-order valence-electron chi connectivity index (χ3n) is 4.98. The van der Waals surface area contributed by atoms with Crippen LogP contribution in [0.25, 0.3) is 6.08 Å². The molecule has 1 amide bonds. The van der Waals surface area contributed by atoms with Crippen molar-refractivity contribution in [1.29, 1.82) is 0 Å². The minimum atomic E-state index is -1.20. The quantitative estimate of drug-likeness (QED) is 0.323. The molecule has 166 valence electrons. The summed E-state index contributed by atoms with van der Waals surface area (Å²) < 4.78 is 6.16. The van der Waals surface area contributed by atoms with Crippen molar-refractivity contribution in [3.8, 4) is 5.75 Å². The third-order valence-corrected chi connectivity index (χ3v) is 6.68. The van der Waals surface area contributed by atoms with Crippen molar-refractivity contribution in [3.63, 3.8) is 0 Å². The SMILES string of the molecule is O=C(O)[C@H](c1ccccc1)N1C(=O)/C(=C/c2ccccc2OCc2ccccc2Cl)SC1=S. The summed E-state index contributed by atoms with van der Waals surface area (Å²) in [4.78, 5) is 26.7. The lowest BCUT2D eigenvalue weighted by atomic mass is 10.1. The molecule has 0 unspecified atom stereocenters. The molecule has 0 radical (unpaired) electrons. The van der Waals surface area contributed by atoms with Crippen LogP contribution in [-0.2, 0) is 16.2 Å². The van der Waals surface area contributed by atoms with Crippen LogP contribution in [0.2, 0.25) is 5.02 Å². The highest BCUT2D eigenvalue weighted by molar-refractivity contribution is 8.26. The minimum Gasteiger partial charge on any atom is -0.488 e. The van der Waals surface area contributed by atoms with Crippen molar-refractivity contribution in [2.24, 2.45) is 0 Å². The molecule has 0 saturated carbocycles. The van der Waals surface area contributed by atoms with E-state index in [9.17, 15) is 14.7 Å². The molecule has 1 atom stereocenters. The minimum absolute atomic E-state index is 0.192. The fourth-order valence-electron chi connectivity index (χ4n) is 3.38. The van der Waals surface area contributed by atoms with Gasteiger partial charge >= 0.3 is 5.97 Å². The summed E-state index contributed by atoms with van der Waals surface area (Å²) >= 11 is 12.7. The second-order valence-electron chi connectivity index (χ2n) is 7.12. The standard InChI is InChI=1S/C25H18ClNO4S2/c26-19-12-6-4-11-18(19)15-31-20-13-7-5-10-17(20)14-21-23(28)27(25(32)33-21)22(24(29)30)16-8-2-1-3-9-16/h1-14,22H,15H2,(H,29,30)/b21-14-/t22-/m0/s1. The van der Waals surface area contributed by atoms with Crippen molar-refractivity contribution in [1.82, 2.24) is 4.90 Å². The molecule has 3 aromatic rings. The number of para-hydroxylation sites is 1. The van der Waals surface area contributed by atoms with Gasteiger partial charge in [0.05, 0.1) is 4.91 Å². The number of thioether (sulfide) groups is 1. The Balaban J connectivity index is 1.60. The number of benzene rings is 3. The summed E-state index contributed by atoms with van der Waals surface area (Å²) in [5.41, 5.74) is 2.00. The Morgan fingerprint density at radius 3 is 2.45 bits per heavy atom. The van der Waals surface area contributed by atoms with Crippen molar-refractivity contribution in [2.45, 2.75) is 12.6 Å². The topological polar surface area (TPSA) is 66.8 Å². The van der Waals surface area contributed by atoms with E-state index >= 15 is 0 Å². The van der Waals surface area contributed by atoms with Crippen molar-refractivity contribution in [3.05, 3.63) is 105 Å². The van der Waals surface area contributed by atoms with Gasteiger partial charge in [-0.1, -0.05) is 102 Å². The first kappa shape index (κ1) is 23.0. The first-order valence-electron chi connectivity index (χ1n) is 9.96. The van der Waals surface area contributed by atoms with Crippen LogP contribution in [0.5, 0.6) is 5.75 Å². The van der Waals surface area contributed by atoms with Gasteiger partial charge in [0, 0.05) is 16.1 Å². The summed E-state index contributed by atoms with van der Waals surface area (Å²) in [6, 6.07) is 22.1. The van der Waals surface area contributed by atoms with Gasteiger partial charge in [-0.25, -0.2) is 4.79 Å². The summed E-state index contributed by atoms with van der Waals surface area (Å²) in [6.45, 7) is 0.264. The van der Waals surface area contributed by atoms with Crippen LogP contribution in [0.1, 0.15) is 22.7 Å². The Morgan fingerprint density at radius 2 is 1.73 bits per heavy atom. The number of halogens is 1. The smallest absolute Gasteiger partial charge is 0.331 e. The lowest BCUT2D eigenvalue weighted by molar-refractivity contribution is -0.145. The van der Waals surface area contributed by atoms with Crippen LogP contribution in [0.15, 0.2) is 83.8 Å². The molecular formula is C25H18ClNO4S2. The maximum atomic E-state index is 13.2.